The fourth-order valence-electron chi connectivity index (χ4n) is 2.05. The number of halogens is 1. The number of carbonyl (C=O) groups excluding carboxylic acids is 1. The highest BCUT2D eigenvalue weighted by molar-refractivity contribution is 7.91. The van der Waals surface area contributed by atoms with Crippen LogP contribution in [0, 0.1) is 5.92 Å². The third kappa shape index (κ3) is 4.89. The Morgan fingerprint density at radius 1 is 1.43 bits per heavy atom. The molecule has 1 N–H and O–H groups in total. The van der Waals surface area contributed by atoms with Crippen molar-refractivity contribution in [3.8, 4) is 5.88 Å². The predicted octanol–water partition coefficient (Wildman–Crippen LogP) is 1.21. The molecule has 0 spiro atoms. The fourth-order valence-corrected chi connectivity index (χ4v) is 3.63. The van der Waals surface area contributed by atoms with Crippen LogP contribution in [0.15, 0.2) is 6.20 Å². The van der Waals surface area contributed by atoms with Gasteiger partial charge in [0.15, 0.2) is 0 Å². The van der Waals surface area contributed by atoms with Gasteiger partial charge in [0.2, 0.25) is 5.88 Å². The van der Waals surface area contributed by atoms with Gasteiger partial charge in [-0.25, -0.2) is 18.3 Å². The maximum absolute atomic E-state index is 11.6. The van der Waals surface area contributed by atoms with E-state index < -0.39 is 15.8 Å². The summed E-state index contributed by atoms with van der Waals surface area (Å²) in [5.41, 5.74) is 0.260. The zero-order valence-corrected chi connectivity index (χ0v) is 13.3. The van der Waals surface area contributed by atoms with E-state index in [2.05, 4.69) is 10.2 Å². The van der Waals surface area contributed by atoms with Crippen molar-refractivity contribution in [2.45, 2.75) is 19.8 Å². The van der Waals surface area contributed by atoms with Crippen LogP contribution < -0.4 is 4.74 Å². The van der Waals surface area contributed by atoms with E-state index >= 15 is 0 Å². The molecule has 1 aliphatic rings. The van der Waals surface area contributed by atoms with Crippen LogP contribution in [0.5, 0.6) is 5.88 Å². The van der Waals surface area contributed by atoms with Gasteiger partial charge in [-0.15, -0.1) is 12.4 Å². The summed E-state index contributed by atoms with van der Waals surface area (Å²) in [4.78, 5) is 11.6. The van der Waals surface area contributed by atoms with Crippen LogP contribution >= 0.6 is 12.4 Å². The number of hydrogen-bond acceptors (Lipinski definition) is 6. The third-order valence-corrected chi connectivity index (χ3v) is 4.95. The maximum Gasteiger partial charge on any atom is 0.345 e. The van der Waals surface area contributed by atoms with Gasteiger partial charge in [-0.3, -0.25) is 0 Å². The van der Waals surface area contributed by atoms with Crippen LogP contribution in [-0.4, -0.2) is 49.3 Å². The summed E-state index contributed by atoms with van der Waals surface area (Å²) < 4.78 is 33.1. The molecule has 7 nitrogen and oxygen atoms in total. The first-order chi connectivity index (χ1) is 9.52. The molecule has 9 heteroatoms. The number of carbonyl (C=O) groups is 1. The number of aromatic amines is 1. The molecule has 120 valence electrons. The van der Waals surface area contributed by atoms with Gasteiger partial charge in [-0.05, 0) is 25.7 Å². The first-order valence-corrected chi connectivity index (χ1v) is 8.37. The monoisotopic (exact) mass is 338 g/mol. The van der Waals surface area contributed by atoms with Crippen molar-refractivity contribution in [3.63, 3.8) is 0 Å². The van der Waals surface area contributed by atoms with Gasteiger partial charge < -0.3 is 9.47 Å². The van der Waals surface area contributed by atoms with Gasteiger partial charge in [0, 0.05) is 0 Å². The Morgan fingerprint density at radius 2 is 2.10 bits per heavy atom. The number of rotatable bonds is 5. The van der Waals surface area contributed by atoms with E-state index in [1.807, 2.05) is 0 Å². The maximum atomic E-state index is 11.6. The summed E-state index contributed by atoms with van der Waals surface area (Å²) in [6.45, 7) is 2.37. The van der Waals surface area contributed by atoms with Crippen molar-refractivity contribution >= 4 is 28.2 Å². The number of esters is 1. The molecule has 0 unspecified atom stereocenters. The molecule has 0 aromatic carbocycles. The minimum atomic E-state index is -2.87. The minimum absolute atomic E-state index is 0. The van der Waals surface area contributed by atoms with Crippen LogP contribution in [-0.2, 0) is 14.6 Å². The second kappa shape index (κ2) is 7.65. The average molecular weight is 339 g/mol. The van der Waals surface area contributed by atoms with Crippen molar-refractivity contribution in [2.75, 3.05) is 24.7 Å². The number of hydrogen-bond donors (Lipinski definition) is 1. The number of ether oxygens (including phenoxy) is 2. The molecule has 0 atom stereocenters. The third-order valence-electron chi connectivity index (χ3n) is 3.24. The zero-order chi connectivity index (χ0) is 14.6. The molecular weight excluding hydrogens is 320 g/mol. The highest BCUT2D eigenvalue weighted by atomic mass is 35.5. The van der Waals surface area contributed by atoms with E-state index in [4.69, 9.17) is 9.47 Å². The molecule has 0 bridgehead atoms. The lowest BCUT2D eigenvalue weighted by atomic mass is 10.0. The largest absolute Gasteiger partial charge is 0.477 e. The summed E-state index contributed by atoms with van der Waals surface area (Å²) in [5, 5.41) is 6.38. The van der Waals surface area contributed by atoms with E-state index in [1.54, 1.807) is 6.92 Å². The summed E-state index contributed by atoms with van der Waals surface area (Å²) >= 11 is 0. The molecule has 1 aromatic rings. The van der Waals surface area contributed by atoms with Gasteiger partial charge in [0.1, 0.15) is 15.4 Å². The van der Waals surface area contributed by atoms with Crippen molar-refractivity contribution < 1.29 is 22.7 Å². The highest BCUT2D eigenvalue weighted by Gasteiger charge is 2.25. The lowest BCUT2D eigenvalue weighted by Gasteiger charge is -2.21. The molecule has 2 rings (SSSR count). The van der Waals surface area contributed by atoms with Crippen molar-refractivity contribution in [1.82, 2.24) is 10.2 Å². The van der Waals surface area contributed by atoms with Crippen LogP contribution in [0.3, 0.4) is 0 Å². The van der Waals surface area contributed by atoms with Gasteiger partial charge in [-0.2, -0.15) is 5.10 Å². The Morgan fingerprint density at radius 3 is 2.71 bits per heavy atom. The topological polar surface area (TPSA) is 98.3 Å². The second-order valence-electron chi connectivity index (χ2n) is 4.74. The Balaban J connectivity index is 0.00000220. The van der Waals surface area contributed by atoms with Crippen LogP contribution in [0.2, 0.25) is 0 Å². The van der Waals surface area contributed by atoms with E-state index in [0.717, 1.165) is 0 Å². The SMILES string of the molecule is CCOC(=O)c1cn[nH]c1OCC1CCS(=O)(=O)CC1.Cl. The van der Waals surface area contributed by atoms with Crippen LogP contribution in [0.1, 0.15) is 30.1 Å². The van der Waals surface area contributed by atoms with Crippen LogP contribution in [0.4, 0.5) is 0 Å². The Bertz CT molecular complexity index is 558. The minimum Gasteiger partial charge on any atom is -0.477 e. The van der Waals surface area contributed by atoms with Crippen LogP contribution in [0.25, 0.3) is 0 Å². The molecule has 21 heavy (non-hydrogen) atoms. The number of sulfone groups is 1. The van der Waals surface area contributed by atoms with Gasteiger partial charge in [-0.1, -0.05) is 0 Å². The van der Waals surface area contributed by atoms with Crippen molar-refractivity contribution in [3.05, 3.63) is 11.8 Å². The van der Waals surface area contributed by atoms with Crippen molar-refractivity contribution in [2.24, 2.45) is 5.92 Å². The average Bonchev–Trinajstić information content (AvgIpc) is 2.86. The number of aromatic nitrogens is 2. The molecule has 0 saturated carbocycles. The number of nitrogens with one attached hydrogen (secondary N) is 1. The lowest BCUT2D eigenvalue weighted by Crippen LogP contribution is -2.27. The Labute approximate surface area is 129 Å². The molecule has 1 aromatic heterocycles. The molecule has 2 heterocycles. The lowest BCUT2D eigenvalue weighted by molar-refractivity contribution is 0.0520. The molecule has 0 radical (unpaired) electrons. The summed E-state index contributed by atoms with van der Waals surface area (Å²) in [5.74, 6) is 0.375. The van der Waals surface area contributed by atoms with Gasteiger partial charge in [0.25, 0.3) is 0 Å². The quantitative estimate of drug-likeness (QED) is 0.810. The standard InChI is InChI=1S/C12H18N2O5S.ClH/c1-2-18-12(15)10-7-13-14-11(10)19-8-9-3-5-20(16,17)6-4-9;/h7,9H,2-6,8H2,1H3,(H,13,14);1H. The first kappa shape index (κ1) is 17.8. The van der Waals surface area contributed by atoms with E-state index in [-0.39, 0.29) is 47.9 Å². The fraction of sp³-hybridized carbons (Fsp3) is 0.667. The second-order valence-corrected chi connectivity index (χ2v) is 7.04. The summed E-state index contributed by atoms with van der Waals surface area (Å²) in [6.07, 6.45) is 2.54. The molecule has 1 aliphatic heterocycles. The molecular formula is C12H19ClN2O5S. The molecule has 0 aliphatic carbocycles. The predicted molar refractivity (Wildman–Crippen MR) is 78.7 cm³/mol. The zero-order valence-electron chi connectivity index (χ0n) is 11.7. The smallest absolute Gasteiger partial charge is 0.345 e. The Hall–Kier alpha value is -1.28. The normalized spacial score (nSPS) is 17.8. The summed E-state index contributed by atoms with van der Waals surface area (Å²) in [6, 6.07) is 0. The van der Waals surface area contributed by atoms with Crippen molar-refractivity contribution in [1.29, 1.82) is 0 Å². The number of nitrogens with zero attached hydrogens (tertiary/aromatic N) is 1. The molecule has 1 saturated heterocycles. The van der Waals surface area contributed by atoms with Gasteiger partial charge in [0.05, 0.1) is 30.9 Å². The van der Waals surface area contributed by atoms with Gasteiger partial charge >= 0.3 is 5.97 Å². The molecule has 0 amide bonds. The summed E-state index contributed by atoms with van der Waals surface area (Å²) in [7, 11) is -2.87. The van der Waals surface area contributed by atoms with E-state index in [9.17, 15) is 13.2 Å². The van der Waals surface area contributed by atoms with E-state index in [0.29, 0.717) is 19.4 Å². The molecule has 1 fully saturated rings. The highest BCUT2D eigenvalue weighted by Crippen LogP contribution is 2.21. The number of H-pyrrole nitrogens is 1. The first-order valence-electron chi connectivity index (χ1n) is 6.55. The Kier molecular flexibility index (Phi) is 6.47. The van der Waals surface area contributed by atoms with E-state index in [1.165, 1.54) is 6.20 Å².